The van der Waals surface area contributed by atoms with Crippen molar-refractivity contribution in [3.63, 3.8) is 0 Å². The lowest BCUT2D eigenvalue weighted by molar-refractivity contribution is 1.18. The van der Waals surface area contributed by atoms with Gasteiger partial charge in [-0.1, -0.05) is 146 Å². The van der Waals surface area contributed by atoms with Crippen molar-refractivity contribution in [3.05, 3.63) is 187 Å². The molecular formula is C43H31N. The molecule has 0 saturated carbocycles. The third kappa shape index (κ3) is 4.79. The molecule has 0 radical (unpaired) electrons. The number of aromatic nitrogens is 1. The topological polar surface area (TPSA) is 4.93 Å². The lowest BCUT2D eigenvalue weighted by Crippen LogP contribution is -1.92. The van der Waals surface area contributed by atoms with Gasteiger partial charge in [0.25, 0.3) is 0 Å². The molecule has 44 heavy (non-hydrogen) atoms. The van der Waals surface area contributed by atoms with Gasteiger partial charge < -0.3 is 4.57 Å². The van der Waals surface area contributed by atoms with Gasteiger partial charge in [-0.15, -0.1) is 0 Å². The largest absolute Gasteiger partial charge is 0.309 e. The van der Waals surface area contributed by atoms with Crippen molar-refractivity contribution in [1.29, 1.82) is 0 Å². The quantitative estimate of drug-likeness (QED) is 0.190. The van der Waals surface area contributed by atoms with Crippen LogP contribution in [0.25, 0.3) is 60.9 Å². The predicted octanol–water partition coefficient (Wildman–Crippen LogP) is 11.4. The maximum atomic E-state index is 2.36. The van der Waals surface area contributed by atoms with E-state index in [4.69, 9.17) is 0 Å². The first kappa shape index (κ1) is 26.0. The Kier molecular flexibility index (Phi) is 6.62. The molecule has 0 spiro atoms. The smallest absolute Gasteiger partial charge is 0.0541 e. The zero-order valence-corrected chi connectivity index (χ0v) is 24.4. The number of para-hydroxylation sites is 2. The Hall–Kier alpha value is -5.66. The molecule has 0 N–H and O–H groups in total. The molecule has 0 aliphatic rings. The van der Waals surface area contributed by atoms with Gasteiger partial charge in [-0.05, 0) is 81.3 Å². The van der Waals surface area contributed by atoms with E-state index in [1.807, 2.05) is 0 Å². The molecule has 0 bridgehead atoms. The molecule has 0 aliphatic carbocycles. The van der Waals surface area contributed by atoms with Gasteiger partial charge in [0.15, 0.2) is 0 Å². The highest BCUT2D eigenvalue weighted by molar-refractivity contribution is 6.10. The van der Waals surface area contributed by atoms with Crippen molar-refractivity contribution in [2.24, 2.45) is 0 Å². The molecule has 0 amide bonds. The van der Waals surface area contributed by atoms with Gasteiger partial charge in [0.1, 0.15) is 0 Å². The highest BCUT2D eigenvalue weighted by Crippen LogP contribution is 2.35. The van der Waals surface area contributed by atoms with E-state index in [1.54, 1.807) is 0 Å². The number of hydrogen-bond acceptors (Lipinski definition) is 0. The fraction of sp³-hybridized carbons (Fsp3) is 0.0233. The molecule has 0 saturated heterocycles. The van der Waals surface area contributed by atoms with Crippen molar-refractivity contribution in [3.8, 4) is 39.1 Å². The van der Waals surface area contributed by atoms with E-state index < -0.39 is 0 Å². The molecule has 1 nitrogen and oxygen atoms in total. The summed E-state index contributed by atoms with van der Waals surface area (Å²) in [5.41, 5.74) is 13.8. The number of hydrogen-bond donors (Lipinski definition) is 0. The summed E-state index contributed by atoms with van der Waals surface area (Å²) < 4.78 is 2.36. The molecule has 8 aromatic rings. The van der Waals surface area contributed by atoms with Crippen molar-refractivity contribution < 1.29 is 0 Å². The van der Waals surface area contributed by atoms with Crippen molar-refractivity contribution in [2.45, 2.75) is 6.42 Å². The molecule has 208 valence electrons. The lowest BCUT2D eigenvalue weighted by atomic mass is 9.94. The first-order chi connectivity index (χ1) is 21.8. The second-order valence-corrected chi connectivity index (χ2v) is 11.4. The van der Waals surface area contributed by atoms with Crippen LogP contribution >= 0.6 is 0 Å². The van der Waals surface area contributed by atoms with E-state index in [2.05, 4.69) is 180 Å². The van der Waals surface area contributed by atoms with E-state index in [-0.39, 0.29) is 0 Å². The summed E-state index contributed by atoms with van der Waals surface area (Å²) in [6.07, 6.45) is 0.910. The van der Waals surface area contributed by atoms with Crippen LogP contribution in [-0.2, 0) is 6.42 Å². The molecule has 0 fully saturated rings. The summed E-state index contributed by atoms with van der Waals surface area (Å²) >= 11 is 0. The highest BCUT2D eigenvalue weighted by Gasteiger charge is 2.13. The standard InChI is InChI=1S/C43H31N/c1-3-11-35(12-4-1)39-16-8-7-13-37(39)29-31-19-21-32(22-20-31)33-23-25-34(26-24-33)36-27-28-43-41(30-36)40-17-9-10-18-42(40)44(43)38-14-5-2-6-15-38/h1-28,30H,29H2. The molecule has 7 aromatic carbocycles. The van der Waals surface area contributed by atoms with Crippen LogP contribution in [0.15, 0.2) is 176 Å². The van der Waals surface area contributed by atoms with Gasteiger partial charge >= 0.3 is 0 Å². The van der Waals surface area contributed by atoms with Crippen LogP contribution in [-0.4, -0.2) is 4.57 Å². The van der Waals surface area contributed by atoms with E-state index in [1.165, 1.54) is 72.0 Å². The van der Waals surface area contributed by atoms with E-state index in [9.17, 15) is 0 Å². The van der Waals surface area contributed by atoms with Crippen LogP contribution in [0.5, 0.6) is 0 Å². The molecule has 8 rings (SSSR count). The molecule has 0 aliphatic heterocycles. The minimum Gasteiger partial charge on any atom is -0.309 e. The maximum Gasteiger partial charge on any atom is 0.0541 e. The fourth-order valence-electron chi connectivity index (χ4n) is 6.47. The molecule has 0 unspecified atom stereocenters. The van der Waals surface area contributed by atoms with Crippen molar-refractivity contribution in [1.82, 2.24) is 4.57 Å². The molecule has 1 heterocycles. The monoisotopic (exact) mass is 561 g/mol. The number of rotatable bonds is 6. The Morgan fingerprint density at radius 2 is 0.909 bits per heavy atom. The summed E-state index contributed by atoms with van der Waals surface area (Å²) in [6, 6.07) is 63.6. The third-order valence-electron chi connectivity index (χ3n) is 8.69. The van der Waals surface area contributed by atoms with Gasteiger partial charge in [-0.25, -0.2) is 0 Å². The SMILES string of the molecule is c1ccc(-c2ccccc2Cc2ccc(-c3ccc(-c4ccc5c(c4)c4ccccc4n5-c4ccccc4)cc3)cc2)cc1. The summed E-state index contributed by atoms with van der Waals surface area (Å²) in [5.74, 6) is 0. The fourth-order valence-corrected chi connectivity index (χ4v) is 6.47. The Bertz CT molecular complexity index is 2210. The summed E-state index contributed by atoms with van der Waals surface area (Å²) in [5, 5.41) is 2.55. The second-order valence-electron chi connectivity index (χ2n) is 11.4. The molecule has 1 aromatic heterocycles. The minimum atomic E-state index is 0.910. The Labute approximate surface area is 258 Å². The Morgan fingerprint density at radius 3 is 1.66 bits per heavy atom. The van der Waals surface area contributed by atoms with Gasteiger partial charge in [0.05, 0.1) is 11.0 Å². The predicted molar refractivity (Wildman–Crippen MR) is 186 cm³/mol. The van der Waals surface area contributed by atoms with Gasteiger partial charge in [0, 0.05) is 16.5 Å². The van der Waals surface area contributed by atoms with Crippen LogP contribution in [0.4, 0.5) is 0 Å². The van der Waals surface area contributed by atoms with E-state index in [0.29, 0.717) is 0 Å². The summed E-state index contributed by atoms with van der Waals surface area (Å²) in [4.78, 5) is 0. The number of benzene rings is 7. The van der Waals surface area contributed by atoms with Crippen molar-refractivity contribution >= 4 is 21.8 Å². The minimum absolute atomic E-state index is 0.910. The Balaban J connectivity index is 1.07. The van der Waals surface area contributed by atoms with E-state index >= 15 is 0 Å². The maximum absolute atomic E-state index is 2.36. The zero-order chi connectivity index (χ0) is 29.3. The Morgan fingerprint density at radius 1 is 0.364 bits per heavy atom. The van der Waals surface area contributed by atoms with Gasteiger partial charge in [0.2, 0.25) is 0 Å². The highest BCUT2D eigenvalue weighted by atomic mass is 15.0. The van der Waals surface area contributed by atoms with Crippen LogP contribution in [0.3, 0.4) is 0 Å². The van der Waals surface area contributed by atoms with Crippen molar-refractivity contribution in [2.75, 3.05) is 0 Å². The number of nitrogens with zero attached hydrogens (tertiary/aromatic N) is 1. The first-order valence-electron chi connectivity index (χ1n) is 15.2. The third-order valence-corrected chi connectivity index (χ3v) is 8.69. The molecule has 1 heteroatoms. The van der Waals surface area contributed by atoms with Gasteiger partial charge in [-0.2, -0.15) is 0 Å². The van der Waals surface area contributed by atoms with Crippen LogP contribution < -0.4 is 0 Å². The van der Waals surface area contributed by atoms with E-state index in [0.717, 1.165) is 6.42 Å². The van der Waals surface area contributed by atoms with Crippen LogP contribution in [0.2, 0.25) is 0 Å². The van der Waals surface area contributed by atoms with Crippen LogP contribution in [0.1, 0.15) is 11.1 Å². The van der Waals surface area contributed by atoms with Crippen LogP contribution in [0, 0.1) is 0 Å². The number of fused-ring (bicyclic) bond motifs is 3. The molecule has 0 atom stereocenters. The first-order valence-corrected chi connectivity index (χ1v) is 15.2. The summed E-state index contributed by atoms with van der Waals surface area (Å²) in [6.45, 7) is 0. The zero-order valence-electron chi connectivity index (χ0n) is 24.4. The average Bonchev–Trinajstić information content (AvgIpc) is 3.43. The lowest BCUT2D eigenvalue weighted by Gasteiger charge is -2.11. The second kappa shape index (κ2) is 11.2. The average molecular weight is 562 g/mol. The van der Waals surface area contributed by atoms with Gasteiger partial charge in [-0.3, -0.25) is 0 Å². The summed E-state index contributed by atoms with van der Waals surface area (Å²) in [7, 11) is 0. The molecular weight excluding hydrogens is 530 g/mol. The normalized spacial score (nSPS) is 11.3.